The molecule has 0 N–H and O–H groups in total. The Morgan fingerprint density at radius 2 is 1.24 bits per heavy atom. The van der Waals surface area contributed by atoms with Gasteiger partial charge in [0.2, 0.25) is 0 Å². The van der Waals surface area contributed by atoms with Crippen LogP contribution in [0.25, 0.3) is 11.1 Å². The van der Waals surface area contributed by atoms with Crippen LogP contribution in [0.15, 0.2) is 66.7 Å². The molecule has 0 saturated heterocycles. The lowest BCUT2D eigenvalue weighted by Gasteiger charge is -2.28. The summed E-state index contributed by atoms with van der Waals surface area (Å²) in [4.78, 5) is 0. The van der Waals surface area contributed by atoms with Crippen molar-refractivity contribution in [2.75, 3.05) is 0 Å². The first-order valence-corrected chi connectivity index (χ1v) is 13.6. The van der Waals surface area contributed by atoms with E-state index in [0.717, 1.165) is 29.4 Å². The maximum absolute atomic E-state index is 14.7. The number of rotatable bonds is 10. The highest BCUT2D eigenvalue weighted by Crippen LogP contribution is 2.34. The van der Waals surface area contributed by atoms with Gasteiger partial charge in [0.15, 0.2) is 0 Å². The van der Waals surface area contributed by atoms with Gasteiger partial charge < -0.3 is 0 Å². The van der Waals surface area contributed by atoms with Crippen LogP contribution in [0, 0.1) is 17.7 Å². The topological polar surface area (TPSA) is 0 Å². The van der Waals surface area contributed by atoms with Crippen molar-refractivity contribution in [3.05, 3.63) is 94.3 Å². The first-order chi connectivity index (χ1) is 16.6. The molecule has 34 heavy (non-hydrogen) atoms. The number of halogens is 2. The van der Waals surface area contributed by atoms with E-state index >= 15 is 0 Å². The fourth-order valence-corrected chi connectivity index (χ4v) is 5.51. The summed E-state index contributed by atoms with van der Waals surface area (Å²) in [5.74, 6) is 1.52. The molecule has 0 bridgehead atoms. The molecular weight excluding hydrogens is 439 g/mol. The highest BCUT2D eigenvalue weighted by Gasteiger charge is 2.21. The van der Waals surface area contributed by atoms with Crippen LogP contribution < -0.4 is 0 Å². The molecule has 0 spiro atoms. The van der Waals surface area contributed by atoms with E-state index in [0.29, 0.717) is 10.6 Å². The molecule has 3 aromatic carbocycles. The Hall–Kier alpha value is -2.12. The molecule has 0 atom stereocenters. The van der Waals surface area contributed by atoms with Crippen LogP contribution in [-0.4, -0.2) is 0 Å². The second-order valence-corrected chi connectivity index (χ2v) is 10.6. The largest absolute Gasteiger partial charge is 0.206 e. The molecule has 0 heterocycles. The Balaban J connectivity index is 1.19. The minimum absolute atomic E-state index is 0.137. The third-order valence-electron chi connectivity index (χ3n) is 7.68. The number of hydrogen-bond acceptors (Lipinski definition) is 0. The molecular formula is C32H38ClF. The predicted octanol–water partition coefficient (Wildman–Crippen LogP) is 9.86. The molecule has 3 aromatic rings. The highest BCUT2D eigenvalue weighted by atomic mass is 35.5. The minimum Gasteiger partial charge on any atom is -0.206 e. The maximum atomic E-state index is 14.7. The Morgan fingerprint density at radius 1 is 0.706 bits per heavy atom. The molecule has 180 valence electrons. The lowest BCUT2D eigenvalue weighted by Crippen LogP contribution is -2.15. The van der Waals surface area contributed by atoms with E-state index in [1.807, 2.05) is 30.3 Å². The van der Waals surface area contributed by atoms with Gasteiger partial charge in [0, 0.05) is 10.6 Å². The van der Waals surface area contributed by atoms with E-state index in [2.05, 4.69) is 37.3 Å². The quantitative estimate of drug-likeness (QED) is 0.273. The van der Waals surface area contributed by atoms with Crippen molar-refractivity contribution in [3.63, 3.8) is 0 Å². The fourth-order valence-electron chi connectivity index (χ4n) is 5.38. The van der Waals surface area contributed by atoms with Gasteiger partial charge in [0.25, 0.3) is 0 Å². The monoisotopic (exact) mass is 476 g/mol. The van der Waals surface area contributed by atoms with Gasteiger partial charge in [0.1, 0.15) is 5.82 Å². The van der Waals surface area contributed by atoms with Crippen molar-refractivity contribution >= 4 is 11.6 Å². The lowest BCUT2D eigenvalue weighted by atomic mass is 9.77. The van der Waals surface area contributed by atoms with Crippen LogP contribution in [0.5, 0.6) is 0 Å². The standard InChI is InChI=1S/C32H38ClF/c1-2-3-4-24-5-7-25(8-6-24)9-10-26-11-13-27(14-12-26)15-16-28-17-22-31(32(34)23-28)29-18-20-30(33)21-19-29/h5-8,17-23,26-27H,2-4,9-16H2,1H3/t26-,27-. The van der Waals surface area contributed by atoms with Gasteiger partial charge in [0.05, 0.1) is 0 Å². The van der Waals surface area contributed by atoms with Crippen LogP contribution in [0.2, 0.25) is 5.02 Å². The molecule has 1 fully saturated rings. The summed E-state index contributed by atoms with van der Waals surface area (Å²) in [7, 11) is 0. The predicted molar refractivity (Wildman–Crippen MR) is 144 cm³/mol. The number of aryl methyl sites for hydroxylation is 3. The molecule has 0 unspecified atom stereocenters. The number of unbranched alkanes of at least 4 members (excludes halogenated alkanes) is 1. The summed E-state index contributed by atoms with van der Waals surface area (Å²) in [5, 5.41) is 0.673. The van der Waals surface area contributed by atoms with E-state index < -0.39 is 0 Å². The molecule has 2 heteroatoms. The van der Waals surface area contributed by atoms with Crippen molar-refractivity contribution in [1.82, 2.24) is 0 Å². The zero-order valence-corrected chi connectivity index (χ0v) is 21.3. The Kier molecular flexibility index (Phi) is 9.22. The van der Waals surface area contributed by atoms with Gasteiger partial charge in [-0.1, -0.05) is 99.2 Å². The molecule has 0 aliphatic heterocycles. The van der Waals surface area contributed by atoms with E-state index in [-0.39, 0.29) is 5.82 Å². The van der Waals surface area contributed by atoms with Crippen LogP contribution in [0.4, 0.5) is 4.39 Å². The van der Waals surface area contributed by atoms with Crippen molar-refractivity contribution in [3.8, 4) is 11.1 Å². The third kappa shape index (κ3) is 7.19. The third-order valence-corrected chi connectivity index (χ3v) is 7.93. The lowest BCUT2D eigenvalue weighted by molar-refractivity contribution is 0.253. The van der Waals surface area contributed by atoms with Crippen LogP contribution >= 0.6 is 11.6 Å². The summed E-state index contributed by atoms with van der Waals surface area (Å²) in [6.45, 7) is 2.25. The van der Waals surface area contributed by atoms with Gasteiger partial charge in [-0.3, -0.25) is 0 Å². The molecule has 0 aromatic heterocycles. The van der Waals surface area contributed by atoms with Crippen LogP contribution in [0.1, 0.15) is 75.0 Å². The first-order valence-electron chi connectivity index (χ1n) is 13.2. The molecule has 0 nitrogen and oxygen atoms in total. The van der Waals surface area contributed by atoms with E-state index in [4.69, 9.17) is 11.6 Å². The first kappa shape index (κ1) is 25.0. The smallest absolute Gasteiger partial charge is 0.131 e. The van der Waals surface area contributed by atoms with Crippen LogP contribution in [0.3, 0.4) is 0 Å². The summed E-state index contributed by atoms with van der Waals surface area (Å²) in [5.41, 5.74) is 5.60. The van der Waals surface area contributed by atoms with Crippen molar-refractivity contribution in [2.45, 2.75) is 77.6 Å². The van der Waals surface area contributed by atoms with Crippen molar-refractivity contribution in [1.29, 1.82) is 0 Å². The Labute approximate surface area is 210 Å². The van der Waals surface area contributed by atoms with Gasteiger partial charge >= 0.3 is 0 Å². The number of hydrogen-bond donors (Lipinski definition) is 0. The van der Waals surface area contributed by atoms with Gasteiger partial charge in [-0.05, 0) is 90.8 Å². The fraction of sp³-hybridized carbons (Fsp3) is 0.438. The van der Waals surface area contributed by atoms with Crippen molar-refractivity contribution < 1.29 is 4.39 Å². The van der Waals surface area contributed by atoms with Gasteiger partial charge in [-0.25, -0.2) is 4.39 Å². The molecule has 4 rings (SSSR count). The second-order valence-electron chi connectivity index (χ2n) is 10.2. The maximum Gasteiger partial charge on any atom is 0.131 e. The summed E-state index contributed by atoms with van der Waals surface area (Å²) >= 11 is 5.96. The zero-order valence-electron chi connectivity index (χ0n) is 20.5. The minimum atomic E-state index is -0.137. The normalized spacial score (nSPS) is 18.2. The van der Waals surface area contributed by atoms with Crippen LogP contribution in [-0.2, 0) is 19.3 Å². The van der Waals surface area contributed by atoms with Gasteiger partial charge in [-0.15, -0.1) is 0 Å². The number of benzene rings is 3. The zero-order chi connectivity index (χ0) is 23.8. The second kappa shape index (κ2) is 12.5. The average molecular weight is 477 g/mol. The van der Waals surface area contributed by atoms with E-state index in [1.165, 1.54) is 75.3 Å². The van der Waals surface area contributed by atoms with E-state index in [1.54, 1.807) is 6.07 Å². The molecule has 1 aliphatic carbocycles. The summed E-state index contributed by atoms with van der Waals surface area (Å²) in [6, 6.07) is 22.4. The molecule has 1 aliphatic rings. The summed E-state index contributed by atoms with van der Waals surface area (Å²) < 4.78 is 14.7. The van der Waals surface area contributed by atoms with Gasteiger partial charge in [-0.2, -0.15) is 0 Å². The molecule has 0 radical (unpaired) electrons. The molecule has 0 amide bonds. The SMILES string of the molecule is CCCCc1ccc(CC[C@H]2CC[C@H](CCc3ccc(-c4ccc(Cl)cc4)c(F)c3)CC2)cc1. The Bertz CT molecular complexity index is 1010. The highest BCUT2D eigenvalue weighted by molar-refractivity contribution is 6.30. The van der Waals surface area contributed by atoms with E-state index in [9.17, 15) is 4.39 Å². The summed E-state index contributed by atoms with van der Waals surface area (Å²) in [6.07, 6.45) is 13.8. The Morgan fingerprint density at radius 3 is 1.79 bits per heavy atom. The average Bonchev–Trinajstić information content (AvgIpc) is 2.87. The van der Waals surface area contributed by atoms with Crippen molar-refractivity contribution in [2.24, 2.45) is 11.8 Å². The molecule has 1 saturated carbocycles.